The first-order valence-electron chi connectivity index (χ1n) is 12.3. The highest BCUT2D eigenvalue weighted by Gasteiger charge is 2.22. The van der Waals surface area contributed by atoms with E-state index in [2.05, 4.69) is 36.0 Å². The third-order valence-corrected chi connectivity index (χ3v) is 7.18. The first-order valence-corrected chi connectivity index (χ1v) is 13.1. The molecular weight excluding hydrogens is 454 g/mol. The minimum Gasteiger partial charge on any atom is -0.460 e. The van der Waals surface area contributed by atoms with Crippen molar-refractivity contribution in [3.05, 3.63) is 71.6 Å². The van der Waals surface area contributed by atoms with E-state index in [-0.39, 0.29) is 5.92 Å². The number of nitrogens with zero attached hydrogens (tertiary/aromatic N) is 2. The fraction of sp³-hybridized carbons (Fsp3) is 0.357. The van der Waals surface area contributed by atoms with E-state index in [1.807, 2.05) is 55.6 Å². The molecule has 2 heterocycles. The molecule has 0 saturated carbocycles. The van der Waals surface area contributed by atoms with Gasteiger partial charge < -0.3 is 21.1 Å². The van der Waals surface area contributed by atoms with E-state index in [4.69, 9.17) is 15.5 Å². The van der Waals surface area contributed by atoms with Crippen LogP contribution in [0.1, 0.15) is 45.7 Å². The molecule has 4 rings (SSSR count). The van der Waals surface area contributed by atoms with Gasteiger partial charge in [-0.15, -0.1) is 0 Å². The lowest BCUT2D eigenvalue weighted by atomic mass is 10.0. The van der Waals surface area contributed by atoms with Gasteiger partial charge in [-0.25, -0.2) is 9.97 Å². The zero-order valence-corrected chi connectivity index (χ0v) is 21.6. The van der Waals surface area contributed by atoms with E-state index in [1.54, 1.807) is 11.8 Å². The molecule has 1 fully saturated rings. The topological polar surface area (TPSA) is 85.1 Å². The standard InChI is InChI=1S/C28H35N5OS/c1-5-19(4)26(34-25-13-12-23(29)21-10-6-7-11-22(21)25)27(35-18(2)3)24-14-16-31-28(33-24)32-20-9-8-15-30-17-20/h6-7,10-14,16,19-20,30H,2,5,8-9,15,17,29H2,1,3-4H3,(H,31,32,33)/b27-26+. The van der Waals surface area contributed by atoms with E-state index >= 15 is 0 Å². The molecular formula is C28H35N5OS. The van der Waals surface area contributed by atoms with Crippen molar-refractivity contribution in [3.63, 3.8) is 0 Å². The molecule has 3 aromatic rings. The predicted octanol–water partition coefficient (Wildman–Crippen LogP) is 6.44. The van der Waals surface area contributed by atoms with Crippen LogP contribution >= 0.6 is 11.8 Å². The highest BCUT2D eigenvalue weighted by molar-refractivity contribution is 8.11. The van der Waals surface area contributed by atoms with Crippen molar-refractivity contribution >= 4 is 39.1 Å². The van der Waals surface area contributed by atoms with Crippen molar-refractivity contribution < 1.29 is 4.74 Å². The summed E-state index contributed by atoms with van der Waals surface area (Å²) in [4.78, 5) is 11.3. The Morgan fingerprint density at radius 1 is 1.26 bits per heavy atom. The summed E-state index contributed by atoms with van der Waals surface area (Å²) in [5.74, 6) is 2.46. The molecule has 0 spiro atoms. The summed E-state index contributed by atoms with van der Waals surface area (Å²) in [6, 6.07) is 14.2. The summed E-state index contributed by atoms with van der Waals surface area (Å²) in [6.45, 7) is 12.5. The first kappa shape index (κ1) is 25.1. The second kappa shape index (κ2) is 11.6. The molecule has 35 heavy (non-hydrogen) atoms. The van der Waals surface area contributed by atoms with Crippen molar-refractivity contribution in [1.29, 1.82) is 0 Å². The van der Waals surface area contributed by atoms with Crippen LogP contribution in [0.2, 0.25) is 0 Å². The molecule has 7 heteroatoms. The number of rotatable bonds is 9. The smallest absolute Gasteiger partial charge is 0.223 e. The van der Waals surface area contributed by atoms with Crippen LogP contribution in [0.3, 0.4) is 0 Å². The number of piperidine rings is 1. The Kier molecular flexibility index (Phi) is 8.31. The third-order valence-electron chi connectivity index (χ3n) is 6.22. The SMILES string of the molecule is C=C(C)S/C(=C(/Oc1ccc(N)c2ccccc12)C(C)CC)c1ccnc(NC2CCCNC2)n1. The molecule has 0 radical (unpaired) electrons. The van der Waals surface area contributed by atoms with Crippen LogP contribution in [-0.4, -0.2) is 29.1 Å². The van der Waals surface area contributed by atoms with Gasteiger partial charge in [-0.3, -0.25) is 0 Å². The second-order valence-corrected chi connectivity index (χ2v) is 10.4. The van der Waals surface area contributed by atoms with Crippen LogP contribution in [0, 0.1) is 5.92 Å². The lowest BCUT2D eigenvalue weighted by molar-refractivity contribution is 0.360. The van der Waals surface area contributed by atoms with Gasteiger partial charge in [0.05, 0.1) is 10.6 Å². The molecule has 0 amide bonds. The van der Waals surface area contributed by atoms with Gasteiger partial charge in [-0.2, -0.15) is 0 Å². The van der Waals surface area contributed by atoms with Crippen molar-refractivity contribution in [3.8, 4) is 5.75 Å². The summed E-state index contributed by atoms with van der Waals surface area (Å²) in [5.41, 5.74) is 7.81. The number of benzene rings is 2. The summed E-state index contributed by atoms with van der Waals surface area (Å²) in [6.07, 6.45) is 4.99. The van der Waals surface area contributed by atoms with Crippen LogP contribution in [0.15, 0.2) is 65.9 Å². The maximum absolute atomic E-state index is 6.71. The quantitative estimate of drug-likeness (QED) is 0.236. The molecule has 2 atom stereocenters. The summed E-state index contributed by atoms with van der Waals surface area (Å²) in [7, 11) is 0. The number of hydrogen-bond acceptors (Lipinski definition) is 7. The Morgan fingerprint density at radius 2 is 2.06 bits per heavy atom. The molecule has 0 bridgehead atoms. The second-order valence-electron chi connectivity index (χ2n) is 9.06. The Bertz CT molecular complexity index is 1220. The van der Waals surface area contributed by atoms with Gasteiger partial charge in [0.2, 0.25) is 5.95 Å². The highest BCUT2D eigenvalue weighted by Crippen LogP contribution is 2.40. The fourth-order valence-electron chi connectivity index (χ4n) is 4.17. The van der Waals surface area contributed by atoms with Gasteiger partial charge in [-0.05, 0) is 55.8 Å². The third kappa shape index (κ3) is 6.16. The molecule has 1 aliphatic heterocycles. The van der Waals surface area contributed by atoms with E-state index in [0.29, 0.717) is 12.0 Å². The Balaban J connectivity index is 1.77. The highest BCUT2D eigenvalue weighted by atomic mass is 32.2. The van der Waals surface area contributed by atoms with Crippen LogP contribution < -0.4 is 21.1 Å². The molecule has 4 N–H and O–H groups in total. The molecule has 1 aromatic heterocycles. The molecule has 2 unspecified atom stereocenters. The number of anilines is 2. The monoisotopic (exact) mass is 489 g/mol. The summed E-state index contributed by atoms with van der Waals surface area (Å²) >= 11 is 1.59. The van der Waals surface area contributed by atoms with Gasteiger partial charge in [0, 0.05) is 41.2 Å². The Hall–Kier alpha value is -3.03. The van der Waals surface area contributed by atoms with Crippen molar-refractivity contribution in [2.75, 3.05) is 24.1 Å². The van der Waals surface area contributed by atoms with Crippen LogP contribution in [0.25, 0.3) is 15.7 Å². The Morgan fingerprint density at radius 3 is 2.77 bits per heavy atom. The van der Waals surface area contributed by atoms with E-state index in [0.717, 1.165) is 75.8 Å². The number of ether oxygens (including phenoxy) is 1. The van der Waals surface area contributed by atoms with Gasteiger partial charge in [0.1, 0.15) is 11.5 Å². The van der Waals surface area contributed by atoms with Crippen LogP contribution in [-0.2, 0) is 0 Å². The molecule has 1 aliphatic rings. The summed E-state index contributed by atoms with van der Waals surface area (Å²) in [5, 5.41) is 8.90. The largest absolute Gasteiger partial charge is 0.460 e. The number of nitrogen functional groups attached to an aromatic ring is 1. The summed E-state index contributed by atoms with van der Waals surface area (Å²) < 4.78 is 6.71. The van der Waals surface area contributed by atoms with Gasteiger partial charge in [-0.1, -0.05) is 56.5 Å². The lowest BCUT2D eigenvalue weighted by Gasteiger charge is -2.24. The number of allylic oxidation sites excluding steroid dienone is 2. The fourth-order valence-corrected chi connectivity index (χ4v) is 5.08. The number of hydrogen-bond donors (Lipinski definition) is 3. The molecule has 1 saturated heterocycles. The van der Waals surface area contributed by atoms with Gasteiger partial charge in [0.25, 0.3) is 0 Å². The predicted molar refractivity (Wildman–Crippen MR) is 149 cm³/mol. The van der Waals surface area contributed by atoms with Crippen molar-refractivity contribution in [2.24, 2.45) is 5.92 Å². The van der Waals surface area contributed by atoms with Crippen molar-refractivity contribution in [2.45, 2.75) is 46.1 Å². The number of aromatic nitrogens is 2. The van der Waals surface area contributed by atoms with Gasteiger partial charge in [0.15, 0.2) is 0 Å². The first-order chi connectivity index (χ1) is 17.0. The van der Waals surface area contributed by atoms with E-state index < -0.39 is 0 Å². The average molecular weight is 490 g/mol. The molecule has 0 aliphatic carbocycles. The van der Waals surface area contributed by atoms with Crippen LogP contribution in [0.4, 0.5) is 11.6 Å². The van der Waals surface area contributed by atoms with Crippen molar-refractivity contribution in [1.82, 2.24) is 15.3 Å². The van der Waals surface area contributed by atoms with E-state index in [1.165, 1.54) is 0 Å². The van der Waals surface area contributed by atoms with Gasteiger partial charge >= 0.3 is 0 Å². The van der Waals surface area contributed by atoms with Crippen LogP contribution in [0.5, 0.6) is 5.75 Å². The number of fused-ring (bicyclic) bond motifs is 1. The average Bonchev–Trinajstić information content (AvgIpc) is 2.87. The minimum atomic E-state index is 0.169. The zero-order chi connectivity index (χ0) is 24.8. The minimum absolute atomic E-state index is 0.169. The molecule has 6 nitrogen and oxygen atoms in total. The maximum atomic E-state index is 6.71. The number of thioether (sulfide) groups is 1. The molecule has 184 valence electrons. The zero-order valence-electron chi connectivity index (χ0n) is 20.8. The number of nitrogens with one attached hydrogen (secondary N) is 2. The van der Waals surface area contributed by atoms with E-state index in [9.17, 15) is 0 Å². The number of nitrogens with two attached hydrogens (primary N) is 1. The molecule has 2 aromatic carbocycles. The maximum Gasteiger partial charge on any atom is 0.223 e. The lowest BCUT2D eigenvalue weighted by Crippen LogP contribution is -2.38. The Labute approximate surface area is 212 Å². The normalized spacial score (nSPS) is 17.5.